The van der Waals surface area contributed by atoms with Gasteiger partial charge in [0.05, 0.1) is 21.3 Å². The smallest absolute Gasteiger partial charge is 0.259 e. The number of nitrogens with zero attached hydrogens (tertiary/aromatic N) is 2. The zero-order valence-corrected chi connectivity index (χ0v) is 14.1. The lowest BCUT2D eigenvalue weighted by molar-refractivity contribution is 0.102. The molecule has 2 heterocycles. The quantitative estimate of drug-likeness (QED) is 0.710. The minimum atomic E-state index is -0.388. The van der Waals surface area contributed by atoms with Crippen LogP contribution in [0.15, 0.2) is 36.4 Å². The van der Waals surface area contributed by atoms with Gasteiger partial charge in [-0.2, -0.15) is 5.10 Å². The maximum absolute atomic E-state index is 13.1. The molecular formula is C15H10Cl2FN3OS. The van der Waals surface area contributed by atoms with E-state index in [1.165, 1.54) is 22.9 Å². The van der Waals surface area contributed by atoms with E-state index in [1.807, 2.05) is 0 Å². The first-order valence-electron chi connectivity index (χ1n) is 6.53. The molecule has 3 rings (SSSR count). The summed E-state index contributed by atoms with van der Waals surface area (Å²) in [5, 5.41) is 7.05. The lowest BCUT2D eigenvalue weighted by Crippen LogP contribution is -2.14. The molecule has 1 amide bonds. The Kier molecular flexibility index (Phi) is 4.39. The minimum Gasteiger partial charge on any atom is -0.306 e. The second kappa shape index (κ2) is 6.31. The van der Waals surface area contributed by atoms with Crippen LogP contribution >= 0.6 is 34.5 Å². The van der Waals surface area contributed by atoms with Crippen LogP contribution < -0.4 is 5.32 Å². The fourth-order valence-electron chi connectivity index (χ4n) is 2.05. The molecule has 23 heavy (non-hydrogen) atoms. The molecule has 0 atom stereocenters. The van der Waals surface area contributed by atoms with Crippen LogP contribution in [-0.2, 0) is 0 Å². The van der Waals surface area contributed by atoms with Crippen molar-refractivity contribution in [2.24, 2.45) is 0 Å². The van der Waals surface area contributed by atoms with Crippen LogP contribution in [0.4, 0.5) is 10.2 Å². The molecule has 2 aromatic heterocycles. The Hall–Kier alpha value is -1.89. The summed E-state index contributed by atoms with van der Waals surface area (Å²) >= 11 is 13.0. The average Bonchev–Trinajstić information content (AvgIpc) is 3.02. The van der Waals surface area contributed by atoms with Gasteiger partial charge >= 0.3 is 0 Å². The van der Waals surface area contributed by atoms with E-state index in [-0.39, 0.29) is 11.7 Å². The topological polar surface area (TPSA) is 46.9 Å². The number of benzene rings is 1. The Balaban J connectivity index is 1.93. The molecule has 0 saturated carbocycles. The molecule has 4 nitrogen and oxygen atoms in total. The van der Waals surface area contributed by atoms with E-state index in [0.717, 1.165) is 11.3 Å². The van der Waals surface area contributed by atoms with E-state index in [2.05, 4.69) is 10.4 Å². The van der Waals surface area contributed by atoms with Crippen molar-refractivity contribution in [3.05, 3.63) is 62.1 Å². The first-order chi connectivity index (χ1) is 10.9. The lowest BCUT2D eigenvalue weighted by Gasteiger charge is -2.08. The van der Waals surface area contributed by atoms with Crippen LogP contribution in [0.5, 0.6) is 0 Å². The Labute approximate surface area is 145 Å². The second-order valence-electron chi connectivity index (χ2n) is 4.75. The van der Waals surface area contributed by atoms with Gasteiger partial charge < -0.3 is 5.32 Å². The Morgan fingerprint density at radius 2 is 1.96 bits per heavy atom. The normalized spacial score (nSPS) is 10.8. The Morgan fingerprint density at radius 1 is 1.26 bits per heavy atom. The van der Waals surface area contributed by atoms with E-state index in [0.29, 0.717) is 31.4 Å². The average molecular weight is 370 g/mol. The summed E-state index contributed by atoms with van der Waals surface area (Å²) in [4.78, 5) is 12.3. The number of hydrogen-bond donors (Lipinski definition) is 1. The zero-order chi connectivity index (χ0) is 16.6. The molecule has 3 aromatic rings. The predicted octanol–water partition coefficient (Wildman–Crippen LogP) is 4.94. The number of nitrogens with one attached hydrogen (secondary N) is 1. The van der Waals surface area contributed by atoms with Gasteiger partial charge in [0.25, 0.3) is 5.91 Å². The van der Waals surface area contributed by atoms with Crippen molar-refractivity contribution in [2.45, 2.75) is 6.92 Å². The van der Waals surface area contributed by atoms with Crippen molar-refractivity contribution < 1.29 is 9.18 Å². The third-order valence-electron chi connectivity index (χ3n) is 3.05. The monoisotopic (exact) mass is 369 g/mol. The van der Waals surface area contributed by atoms with Gasteiger partial charge in [0, 0.05) is 6.07 Å². The van der Waals surface area contributed by atoms with Crippen molar-refractivity contribution in [3.63, 3.8) is 0 Å². The molecule has 0 fully saturated rings. The summed E-state index contributed by atoms with van der Waals surface area (Å²) in [5.74, 6) is -0.276. The van der Waals surface area contributed by atoms with Gasteiger partial charge in [0.2, 0.25) is 0 Å². The standard InChI is InChI=1S/C15H10Cl2FN3OS/c1-8-6-13(19-15(22)11-7-12(16)23-14(11)17)21(20-8)10-4-2-9(18)3-5-10/h2-7H,1H3,(H,19,22). The molecule has 0 aliphatic carbocycles. The van der Waals surface area contributed by atoms with E-state index < -0.39 is 0 Å². The fourth-order valence-corrected chi connectivity index (χ4v) is 3.50. The molecule has 0 bridgehead atoms. The Morgan fingerprint density at radius 3 is 2.57 bits per heavy atom. The van der Waals surface area contributed by atoms with Crippen molar-refractivity contribution >= 4 is 46.3 Å². The number of anilines is 1. The van der Waals surface area contributed by atoms with Gasteiger partial charge in [0.1, 0.15) is 16.0 Å². The van der Waals surface area contributed by atoms with Crippen molar-refractivity contribution in [2.75, 3.05) is 5.32 Å². The Bertz CT molecular complexity index is 873. The molecule has 8 heteroatoms. The highest BCUT2D eigenvalue weighted by Gasteiger charge is 2.17. The largest absolute Gasteiger partial charge is 0.306 e. The van der Waals surface area contributed by atoms with Gasteiger partial charge in [0.15, 0.2) is 0 Å². The number of aromatic nitrogens is 2. The van der Waals surface area contributed by atoms with E-state index in [4.69, 9.17) is 23.2 Å². The highest BCUT2D eigenvalue weighted by molar-refractivity contribution is 7.20. The SMILES string of the molecule is Cc1cc(NC(=O)c2cc(Cl)sc2Cl)n(-c2ccc(F)cc2)n1. The minimum absolute atomic E-state index is 0.297. The number of aryl methyl sites for hydroxylation is 1. The summed E-state index contributed by atoms with van der Waals surface area (Å²) < 4.78 is 15.3. The van der Waals surface area contributed by atoms with Crippen LogP contribution in [0.3, 0.4) is 0 Å². The van der Waals surface area contributed by atoms with E-state index in [1.54, 1.807) is 25.1 Å². The van der Waals surface area contributed by atoms with E-state index >= 15 is 0 Å². The molecule has 1 N–H and O–H groups in total. The maximum Gasteiger partial charge on any atom is 0.259 e. The number of hydrogen-bond acceptors (Lipinski definition) is 3. The van der Waals surface area contributed by atoms with Crippen molar-refractivity contribution in [3.8, 4) is 5.69 Å². The third-order valence-corrected chi connectivity index (χ3v) is 4.53. The first-order valence-corrected chi connectivity index (χ1v) is 8.10. The molecule has 0 spiro atoms. The molecule has 1 aromatic carbocycles. The van der Waals surface area contributed by atoms with Gasteiger partial charge in [-0.15, -0.1) is 11.3 Å². The van der Waals surface area contributed by atoms with Gasteiger partial charge in [-0.3, -0.25) is 4.79 Å². The highest BCUT2D eigenvalue weighted by atomic mass is 35.5. The maximum atomic E-state index is 13.1. The van der Waals surface area contributed by atoms with Crippen LogP contribution in [0.1, 0.15) is 16.1 Å². The summed E-state index contributed by atoms with van der Waals surface area (Å²) in [7, 11) is 0. The molecular weight excluding hydrogens is 360 g/mol. The number of rotatable bonds is 3. The molecule has 0 aliphatic heterocycles. The summed E-state index contributed by atoms with van der Waals surface area (Å²) in [6, 6.07) is 9.02. The lowest BCUT2D eigenvalue weighted by atomic mass is 10.3. The van der Waals surface area contributed by atoms with Crippen LogP contribution in [0.2, 0.25) is 8.67 Å². The molecule has 0 aliphatic rings. The van der Waals surface area contributed by atoms with E-state index in [9.17, 15) is 9.18 Å². The zero-order valence-electron chi connectivity index (χ0n) is 11.8. The molecule has 118 valence electrons. The number of halogens is 3. The third kappa shape index (κ3) is 3.39. The highest BCUT2D eigenvalue weighted by Crippen LogP contribution is 2.31. The summed E-state index contributed by atoms with van der Waals surface area (Å²) in [5.41, 5.74) is 1.63. The van der Waals surface area contributed by atoms with Gasteiger partial charge in [-0.1, -0.05) is 23.2 Å². The molecule has 0 radical (unpaired) electrons. The molecule has 0 unspecified atom stereocenters. The van der Waals surface area contributed by atoms with Gasteiger partial charge in [-0.05, 0) is 37.3 Å². The molecule has 0 saturated heterocycles. The first kappa shape index (κ1) is 16.0. The second-order valence-corrected chi connectivity index (χ2v) is 7.04. The number of carbonyl (C=O) groups is 1. The summed E-state index contributed by atoms with van der Waals surface area (Å²) in [6.07, 6.45) is 0. The van der Waals surface area contributed by atoms with Crippen LogP contribution in [0.25, 0.3) is 5.69 Å². The number of amides is 1. The summed E-state index contributed by atoms with van der Waals surface area (Å²) in [6.45, 7) is 1.80. The van der Waals surface area contributed by atoms with Crippen molar-refractivity contribution in [1.29, 1.82) is 0 Å². The van der Waals surface area contributed by atoms with Crippen molar-refractivity contribution in [1.82, 2.24) is 9.78 Å². The number of thiophene rings is 1. The fraction of sp³-hybridized carbons (Fsp3) is 0.0667. The van der Waals surface area contributed by atoms with Crippen LogP contribution in [0, 0.1) is 12.7 Å². The van der Waals surface area contributed by atoms with Crippen LogP contribution in [-0.4, -0.2) is 15.7 Å². The van der Waals surface area contributed by atoms with Gasteiger partial charge in [-0.25, -0.2) is 9.07 Å². The predicted molar refractivity (Wildman–Crippen MR) is 90.6 cm³/mol. The number of carbonyl (C=O) groups excluding carboxylic acids is 1.